The van der Waals surface area contributed by atoms with E-state index in [1.807, 2.05) is 25.1 Å². The molecule has 1 aliphatic heterocycles. The third-order valence-electron chi connectivity index (χ3n) is 5.50. The number of nitrogens with zero attached hydrogens (tertiary/aromatic N) is 3. The Morgan fingerprint density at radius 3 is 2.61 bits per heavy atom. The molecule has 1 aliphatic rings. The minimum absolute atomic E-state index is 0.0134. The van der Waals surface area contributed by atoms with Crippen molar-refractivity contribution in [3.8, 4) is 11.1 Å². The van der Waals surface area contributed by atoms with Crippen molar-refractivity contribution in [3.63, 3.8) is 0 Å². The van der Waals surface area contributed by atoms with Crippen LogP contribution in [0.25, 0.3) is 11.1 Å². The summed E-state index contributed by atoms with van der Waals surface area (Å²) in [5, 5.41) is 7.10. The molecule has 2 N–H and O–H groups in total. The van der Waals surface area contributed by atoms with E-state index in [0.29, 0.717) is 37.1 Å². The van der Waals surface area contributed by atoms with Crippen molar-refractivity contribution in [1.29, 1.82) is 0 Å². The Morgan fingerprint density at radius 1 is 1.19 bits per heavy atom. The lowest BCUT2D eigenvalue weighted by Gasteiger charge is -2.37. The van der Waals surface area contributed by atoms with Gasteiger partial charge < -0.3 is 15.4 Å². The smallest absolute Gasteiger partial charge is 0.280 e. The molecule has 1 saturated heterocycles. The number of aromatic nitrogens is 2. The normalized spacial score (nSPS) is 18.7. The molecule has 31 heavy (non-hydrogen) atoms. The zero-order chi connectivity index (χ0) is 22.0. The Hall–Kier alpha value is -3.33. The average Bonchev–Trinajstić information content (AvgIpc) is 3.19. The first-order valence-electron chi connectivity index (χ1n) is 10.0. The molecule has 0 bridgehead atoms. The summed E-state index contributed by atoms with van der Waals surface area (Å²) in [6.45, 7) is 2.74. The van der Waals surface area contributed by atoms with Gasteiger partial charge in [0.2, 0.25) is 11.5 Å². The van der Waals surface area contributed by atoms with E-state index < -0.39 is 11.6 Å². The molecule has 3 aromatic rings. The number of amides is 1. The van der Waals surface area contributed by atoms with Crippen LogP contribution in [0.4, 0.5) is 14.6 Å². The summed E-state index contributed by atoms with van der Waals surface area (Å²) >= 11 is 0. The van der Waals surface area contributed by atoms with Gasteiger partial charge in [0, 0.05) is 25.3 Å². The number of hydrogen-bond acceptors (Lipinski definition) is 6. The third kappa shape index (κ3) is 4.27. The van der Waals surface area contributed by atoms with E-state index in [1.165, 1.54) is 12.1 Å². The number of rotatable bonds is 5. The lowest BCUT2D eigenvalue weighted by Crippen LogP contribution is -2.44. The molecule has 2 aromatic carbocycles. The monoisotopic (exact) mass is 428 g/mol. The molecule has 1 amide bonds. The van der Waals surface area contributed by atoms with E-state index in [-0.39, 0.29) is 29.6 Å². The molecular weight excluding hydrogens is 406 g/mol. The topological polar surface area (TPSA) is 94.5 Å². The molecule has 0 spiro atoms. The van der Waals surface area contributed by atoms with Gasteiger partial charge in [0.25, 0.3) is 5.91 Å². The van der Waals surface area contributed by atoms with Crippen molar-refractivity contribution >= 4 is 11.7 Å². The number of carbonyl (C=O) groups excluding carboxylic acids is 1. The molecule has 1 aromatic heterocycles. The Labute approximate surface area is 177 Å². The number of halogens is 2. The number of ether oxygens (including phenoxy) is 1. The van der Waals surface area contributed by atoms with Crippen LogP contribution in [0, 0.1) is 11.6 Å². The Bertz CT molecular complexity index is 1070. The van der Waals surface area contributed by atoms with Gasteiger partial charge in [-0.05, 0) is 58.9 Å². The fourth-order valence-electron chi connectivity index (χ4n) is 4.08. The zero-order valence-electron chi connectivity index (χ0n) is 16.9. The van der Waals surface area contributed by atoms with Crippen LogP contribution in [-0.4, -0.2) is 40.3 Å². The SMILES string of the molecule is CCN(C(=O)c1nonc1N)[C@H]1CCO[C@@H](c2ccccc2-c2cc(F)cc(F)c2)C1. The van der Waals surface area contributed by atoms with Crippen LogP contribution in [-0.2, 0) is 4.74 Å². The molecule has 162 valence electrons. The largest absolute Gasteiger partial charge is 0.379 e. The van der Waals surface area contributed by atoms with E-state index in [2.05, 4.69) is 14.9 Å². The Balaban J connectivity index is 1.62. The molecule has 4 rings (SSSR count). The van der Waals surface area contributed by atoms with Gasteiger partial charge in [-0.25, -0.2) is 13.4 Å². The highest BCUT2D eigenvalue weighted by atomic mass is 19.1. The van der Waals surface area contributed by atoms with Gasteiger partial charge in [-0.1, -0.05) is 24.3 Å². The number of benzene rings is 2. The molecule has 7 nitrogen and oxygen atoms in total. The fourth-order valence-corrected chi connectivity index (χ4v) is 4.08. The van der Waals surface area contributed by atoms with Gasteiger partial charge in [0.1, 0.15) is 11.6 Å². The molecule has 2 heterocycles. The van der Waals surface area contributed by atoms with Gasteiger partial charge in [-0.15, -0.1) is 0 Å². The molecule has 0 radical (unpaired) electrons. The highest BCUT2D eigenvalue weighted by Crippen LogP contribution is 2.37. The van der Waals surface area contributed by atoms with Crippen LogP contribution >= 0.6 is 0 Å². The average molecular weight is 428 g/mol. The predicted octanol–water partition coefficient (Wildman–Crippen LogP) is 3.98. The van der Waals surface area contributed by atoms with Crippen molar-refractivity contribution in [2.45, 2.75) is 31.9 Å². The summed E-state index contributed by atoms with van der Waals surface area (Å²) < 4.78 is 38.2. The first-order chi connectivity index (χ1) is 15.0. The molecule has 2 atom stereocenters. The highest BCUT2D eigenvalue weighted by molar-refractivity contribution is 5.96. The summed E-state index contributed by atoms with van der Waals surface area (Å²) in [7, 11) is 0. The highest BCUT2D eigenvalue weighted by Gasteiger charge is 2.33. The predicted molar refractivity (Wildman–Crippen MR) is 109 cm³/mol. The first-order valence-corrected chi connectivity index (χ1v) is 10.0. The van der Waals surface area contributed by atoms with Gasteiger partial charge in [0.15, 0.2) is 0 Å². The molecule has 9 heteroatoms. The third-order valence-corrected chi connectivity index (χ3v) is 5.50. The minimum atomic E-state index is -0.645. The van der Waals surface area contributed by atoms with Crippen LogP contribution in [0.15, 0.2) is 47.1 Å². The minimum Gasteiger partial charge on any atom is -0.379 e. The number of anilines is 1. The first kappa shape index (κ1) is 20.9. The van der Waals surface area contributed by atoms with Gasteiger partial charge >= 0.3 is 0 Å². The van der Waals surface area contributed by atoms with Crippen LogP contribution in [0.3, 0.4) is 0 Å². The number of carbonyl (C=O) groups is 1. The standard InChI is InChI=1S/C22H22F2N4O3/c1-2-28(22(29)20-21(25)27-31-26-20)16-7-8-30-19(12-16)18-6-4-3-5-17(18)13-9-14(23)11-15(24)10-13/h3-6,9-11,16,19H,2,7-8,12H2,1H3,(H2,25,27)/t16-,19+/m0/s1. The van der Waals surface area contributed by atoms with E-state index in [0.717, 1.165) is 11.6 Å². The van der Waals surface area contributed by atoms with Crippen molar-refractivity contribution in [3.05, 3.63) is 65.4 Å². The van der Waals surface area contributed by atoms with Crippen molar-refractivity contribution in [1.82, 2.24) is 15.2 Å². The summed E-state index contributed by atoms with van der Waals surface area (Å²) in [6, 6.07) is 10.6. The molecule has 0 aliphatic carbocycles. The summed E-state index contributed by atoms with van der Waals surface area (Å²) in [6.07, 6.45) is 0.799. The summed E-state index contributed by atoms with van der Waals surface area (Å²) in [4.78, 5) is 14.6. The number of nitrogens with two attached hydrogens (primary N) is 1. The second kappa shape index (κ2) is 8.81. The van der Waals surface area contributed by atoms with Gasteiger partial charge in [-0.2, -0.15) is 0 Å². The summed E-state index contributed by atoms with van der Waals surface area (Å²) in [5.74, 6) is -1.69. The lowest BCUT2D eigenvalue weighted by molar-refractivity contribution is -0.0230. The quantitative estimate of drug-likeness (QED) is 0.661. The van der Waals surface area contributed by atoms with Crippen molar-refractivity contribution < 1.29 is 22.9 Å². The second-order valence-corrected chi connectivity index (χ2v) is 7.37. The maximum absolute atomic E-state index is 13.8. The zero-order valence-corrected chi connectivity index (χ0v) is 16.9. The van der Waals surface area contributed by atoms with Crippen LogP contribution < -0.4 is 5.73 Å². The summed E-state index contributed by atoms with van der Waals surface area (Å²) in [5.41, 5.74) is 7.60. The number of hydrogen-bond donors (Lipinski definition) is 1. The van der Waals surface area contributed by atoms with E-state index in [9.17, 15) is 13.6 Å². The fraction of sp³-hybridized carbons (Fsp3) is 0.318. The molecule has 1 fully saturated rings. The van der Waals surface area contributed by atoms with E-state index >= 15 is 0 Å². The molecular formula is C22H22F2N4O3. The maximum atomic E-state index is 13.8. The lowest BCUT2D eigenvalue weighted by atomic mass is 9.90. The van der Waals surface area contributed by atoms with Gasteiger partial charge in [0.05, 0.1) is 6.10 Å². The van der Waals surface area contributed by atoms with Gasteiger partial charge in [-0.3, -0.25) is 4.79 Å². The number of nitrogen functional groups attached to an aromatic ring is 1. The Morgan fingerprint density at radius 2 is 1.94 bits per heavy atom. The van der Waals surface area contributed by atoms with E-state index in [4.69, 9.17) is 10.5 Å². The van der Waals surface area contributed by atoms with Crippen molar-refractivity contribution in [2.75, 3.05) is 18.9 Å². The van der Waals surface area contributed by atoms with Crippen LogP contribution in [0.1, 0.15) is 41.9 Å². The Kier molecular flexibility index (Phi) is 5.94. The van der Waals surface area contributed by atoms with Crippen LogP contribution in [0.5, 0.6) is 0 Å². The van der Waals surface area contributed by atoms with Crippen molar-refractivity contribution in [2.24, 2.45) is 0 Å². The molecule has 0 saturated carbocycles. The van der Waals surface area contributed by atoms with Crippen LogP contribution in [0.2, 0.25) is 0 Å². The molecule has 0 unspecified atom stereocenters. The maximum Gasteiger partial charge on any atom is 0.280 e. The van der Waals surface area contributed by atoms with E-state index in [1.54, 1.807) is 11.0 Å². The second-order valence-electron chi connectivity index (χ2n) is 7.37.